The summed E-state index contributed by atoms with van der Waals surface area (Å²) in [5, 5.41) is 12.5. The highest BCUT2D eigenvalue weighted by molar-refractivity contribution is 5.90. The number of benzene rings is 2. The van der Waals surface area contributed by atoms with Gasteiger partial charge >= 0.3 is 0 Å². The van der Waals surface area contributed by atoms with E-state index in [1.54, 1.807) is 4.68 Å². The number of hydrogen-bond acceptors (Lipinski definition) is 6. The summed E-state index contributed by atoms with van der Waals surface area (Å²) in [5.74, 6) is 1.88. The summed E-state index contributed by atoms with van der Waals surface area (Å²) in [5.41, 5.74) is 8.05. The van der Waals surface area contributed by atoms with E-state index in [4.69, 9.17) is 4.98 Å². The summed E-state index contributed by atoms with van der Waals surface area (Å²) in [7, 11) is 4.13. The van der Waals surface area contributed by atoms with Crippen molar-refractivity contribution in [3.63, 3.8) is 0 Å². The Morgan fingerprint density at radius 3 is 2.53 bits per heavy atom. The second-order valence-electron chi connectivity index (χ2n) is 9.75. The van der Waals surface area contributed by atoms with E-state index in [1.165, 1.54) is 22.3 Å². The van der Waals surface area contributed by atoms with Gasteiger partial charge in [-0.1, -0.05) is 38.1 Å². The first kappa shape index (κ1) is 22.3. The van der Waals surface area contributed by atoms with Crippen molar-refractivity contribution in [3.8, 4) is 0 Å². The van der Waals surface area contributed by atoms with Crippen LogP contribution in [0, 0.1) is 19.8 Å². The van der Waals surface area contributed by atoms with Gasteiger partial charge in [-0.05, 0) is 67.6 Å². The highest BCUT2D eigenvalue weighted by Crippen LogP contribution is 2.36. The highest BCUT2D eigenvalue weighted by Gasteiger charge is 2.27. The molecule has 7 heteroatoms. The molecule has 2 aromatic carbocycles. The highest BCUT2D eigenvalue weighted by atomic mass is 15.3. The van der Waals surface area contributed by atoms with Gasteiger partial charge in [0.1, 0.15) is 0 Å². The van der Waals surface area contributed by atoms with Gasteiger partial charge in [-0.15, -0.1) is 0 Å². The van der Waals surface area contributed by atoms with Crippen LogP contribution in [0.15, 0.2) is 42.6 Å². The van der Waals surface area contributed by atoms with E-state index < -0.39 is 0 Å². The fourth-order valence-electron chi connectivity index (χ4n) is 5.17. The first-order valence-corrected chi connectivity index (χ1v) is 11.9. The number of fused-ring (bicyclic) bond motifs is 2. The third kappa shape index (κ3) is 4.01. The van der Waals surface area contributed by atoms with E-state index in [0.29, 0.717) is 17.9 Å². The Labute approximate surface area is 201 Å². The molecule has 0 fully saturated rings. The standard InChI is InChI=1S/C27H33N7/c1-16(2)24-21-14-20(11-10-19(21)12-13-33(24)5)29-27-28-15-22-25(32-34(6)26(22)31-27)30-23-17(3)8-7-9-18(23)4/h7-11,14-16,24H,12-13H2,1-6H3,(H,30,32)(H,28,29,31). The molecule has 1 atom stereocenters. The van der Waals surface area contributed by atoms with Crippen LogP contribution in [-0.2, 0) is 13.5 Å². The summed E-state index contributed by atoms with van der Waals surface area (Å²) < 4.78 is 1.80. The molecule has 34 heavy (non-hydrogen) atoms. The lowest BCUT2D eigenvalue weighted by atomic mass is 9.86. The number of nitrogens with one attached hydrogen (secondary N) is 2. The minimum absolute atomic E-state index is 0.421. The minimum Gasteiger partial charge on any atom is -0.338 e. The molecular weight excluding hydrogens is 422 g/mol. The number of para-hydroxylation sites is 1. The topological polar surface area (TPSA) is 70.9 Å². The zero-order valence-electron chi connectivity index (χ0n) is 20.8. The Morgan fingerprint density at radius 1 is 1.03 bits per heavy atom. The molecule has 0 bridgehead atoms. The number of hydrogen-bond donors (Lipinski definition) is 2. The molecule has 2 aromatic heterocycles. The molecule has 4 aromatic rings. The van der Waals surface area contributed by atoms with Crippen LogP contribution >= 0.6 is 0 Å². The third-order valence-electron chi connectivity index (χ3n) is 6.87. The summed E-state index contributed by atoms with van der Waals surface area (Å²) in [4.78, 5) is 11.9. The fraction of sp³-hybridized carbons (Fsp3) is 0.370. The van der Waals surface area contributed by atoms with Crippen molar-refractivity contribution in [1.82, 2.24) is 24.6 Å². The Hall–Kier alpha value is -3.45. The zero-order valence-corrected chi connectivity index (χ0v) is 20.8. The van der Waals surface area contributed by atoms with Crippen LogP contribution < -0.4 is 10.6 Å². The fourth-order valence-corrected chi connectivity index (χ4v) is 5.17. The predicted molar refractivity (Wildman–Crippen MR) is 139 cm³/mol. The molecule has 1 unspecified atom stereocenters. The van der Waals surface area contributed by atoms with Gasteiger partial charge in [-0.2, -0.15) is 10.1 Å². The first-order valence-electron chi connectivity index (χ1n) is 11.9. The molecule has 3 heterocycles. The van der Waals surface area contributed by atoms with Crippen LogP contribution in [0.1, 0.15) is 42.1 Å². The van der Waals surface area contributed by atoms with Crippen molar-refractivity contribution < 1.29 is 0 Å². The number of rotatable bonds is 5. The molecule has 0 saturated carbocycles. The molecule has 0 amide bonds. The average Bonchev–Trinajstić information content (AvgIpc) is 3.10. The average molecular weight is 456 g/mol. The third-order valence-corrected chi connectivity index (χ3v) is 6.87. The zero-order chi connectivity index (χ0) is 24.0. The lowest BCUT2D eigenvalue weighted by Crippen LogP contribution is -2.35. The van der Waals surface area contributed by atoms with Crippen LogP contribution in [0.3, 0.4) is 0 Å². The predicted octanol–water partition coefficient (Wildman–Crippen LogP) is 5.65. The van der Waals surface area contributed by atoms with Gasteiger partial charge in [-0.25, -0.2) is 9.67 Å². The number of anilines is 4. The maximum atomic E-state index is 4.79. The second kappa shape index (κ2) is 8.72. The number of aromatic nitrogens is 4. The molecule has 2 N–H and O–H groups in total. The maximum absolute atomic E-state index is 4.79. The van der Waals surface area contributed by atoms with Crippen LogP contribution in [0.25, 0.3) is 11.0 Å². The summed E-state index contributed by atoms with van der Waals surface area (Å²) in [6.45, 7) is 9.87. The van der Waals surface area contributed by atoms with Gasteiger partial charge in [0.15, 0.2) is 11.5 Å². The van der Waals surface area contributed by atoms with Crippen molar-refractivity contribution in [3.05, 3.63) is 64.8 Å². The second-order valence-corrected chi connectivity index (χ2v) is 9.75. The largest absolute Gasteiger partial charge is 0.338 e. The molecule has 1 aliphatic heterocycles. The van der Waals surface area contributed by atoms with Crippen LogP contribution in [0.5, 0.6) is 0 Å². The quantitative estimate of drug-likeness (QED) is 0.405. The van der Waals surface area contributed by atoms with E-state index >= 15 is 0 Å². The Kier molecular flexibility index (Phi) is 5.73. The molecule has 0 saturated heterocycles. The van der Waals surface area contributed by atoms with E-state index in [2.05, 4.69) is 96.8 Å². The first-order chi connectivity index (χ1) is 16.3. The van der Waals surface area contributed by atoms with E-state index in [1.807, 2.05) is 13.2 Å². The van der Waals surface area contributed by atoms with E-state index in [0.717, 1.165) is 41.2 Å². The lowest BCUT2D eigenvalue weighted by molar-refractivity contribution is 0.181. The van der Waals surface area contributed by atoms with Crippen LogP contribution in [0.2, 0.25) is 0 Å². The molecule has 0 spiro atoms. The molecule has 0 radical (unpaired) electrons. The number of nitrogens with zero attached hydrogens (tertiary/aromatic N) is 5. The van der Waals surface area contributed by atoms with Gasteiger partial charge in [0.05, 0.1) is 5.39 Å². The SMILES string of the molecule is Cc1cccc(C)c1Nc1nn(C)c2nc(Nc3ccc4c(c3)C(C(C)C)N(C)CC4)ncc12. The summed E-state index contributed by atoms with van der Waals surface area (Å²) in [6, 6.07) is 13.3. The van der Waals surface area contributed by atoms with Gasteiger partial charge in [0, 0.05) is 37.2 Å². The van der Waals surface area contributed by atoms with Crippen molar-refractivity contribution in [2.24, 2.45) is 13.0 Å². The Balaban J connectivity index is 1.45. The monoisotopic (exact) mass is 455 g/mol. The minimum atomic E-state index is 0.421. The van der Waals surface area contributed by atoms with Crippen LogP contribution in [-0.4, -0.2) is 38.2 Å². The normalized spacial score (nSPS) is 16.1. The molecule has 0 aliphatic carbocycles. The summed E-state index contributed by atoms with van der Waals surface area (Å²) >= 11 is 0. The smallest absolute Gasteiger partial charge is 0.229 e. The maximum Gasteiger partial charge on any atom is 0.229 e. The summed E-state index contributed by atoms with van der Waals surface area (Å²) in [6.07, 6.45) is 2.93. The Morgan fingerprint density at radius 2 is 1.79 bits per heavy atom. The van der Waals surface area contributed by atoms with Gasteiger partial charge in [0.2, 0.25) is 5.95 Å². The van der Waals surface area contributed by atoms with Gasteiger partial charge < -0.3 is 10.6 Å². The van der Waals surface area contributed by atoms with E-state index in [-0.39, 0.29) is 0 Å². The van der Waals surface area contributed by atoms with Gasteiger partial charge in [0.25, 0.3) is 0 Å². The molecule has 176 valence electrons. The van der Waals surface area contributed by atoms with E-state index in [9.17, 15) is 0 Å². The molecule has 1 aliphatic rings. The van der Waals surface area contributed by atoms with Crippen molar-refractivity contribution in [2.75, 3.05) is 24.2 Å². The molecule has 7 nitrogen and oxygen atoms in total. The lowest BCUT2D eigenvalue weighted by Gasteiger charge is -2.37. The molecular formula is C27H33N7. The van der Waals surface area contributed by atoms with Gasteiger partial charge in [-0.3, -0.25) is 4.90 Å². The van der Waals surface area contributed by atoms with Crippen molar-refractivity contribution in [1.29, 1.82) is 0 Å². The Bertz CT molecular complexity index is 1330. The van der Waals surface area contributed by atoms with Crippen molar-refractivity contribution in [2.45, 2.75) is 40.2 Å². The van der Waals surface area contributed by atoms with Crippen molar-refractivity contribution >= 4 is 34.2 Å². The van der Waals surface area contributed by atoms with Crippen LogP contribution in [0.4, 0.5) is 23.1 Å². The number of likely N-dealkylation sites (N-methyl/N-ethyl adjacent to an activating group) is 1. The number of aryl methyl sites for hydroxylation is 3. The molecule has 5 rings (SSSR count).